The number of hydrogen-bond donors (Lipinski definition) is 2. The molecule has 0 aromatic heterocycles. The molecule has 1 aromatic rings. The molecule has 0 unspecified atom stereocenters. The largest absolute Gasteiger partial charge is 0.357 e. The first-order chi connectivity index (χ1) is 10.6. The molecule has 0 spiro atoms. The maximum Gasteiger partial charge on any atom is 0.240 e. The third kappa shape index (κ3) is 4.71. The number of aliphatic imine (C=N–C) groups is 1. The molecule has 1 saturated heterocycles. The van der Waals surface area contributed by atoms with E-state index in [-0.39, 0.29) is 4.90 Å². The lowest BCUT2D eigenvalue weighted by Crippen LogP contribution is -2.40. The van der Waals surface area contributed by atoms with Gasteiger partial charge in [0.2, 0.25) is 10.0 Å². The van der Waals surface area contributed by atoms with E-state index in [1.807, 2.05) is 6.92 Å². The Balaban J connectivity index is 1.87. The average Bonchev–Trinajstić information content (AvgIpc) is 3.05. The van der Waals surface area contributed by atoms with Crippen molar-refractivity contribution in [2.24, 2.45) is 4.99 Å². The maximum absolute atomic E-state index is 12.1. The third-order valence-corrected chi connectivity index (χ3v) is 4.94. The summed E-state index contributed by atoms with van der Waals surface area (Å²) in [6.07, 6.45) is 2.37. The number of nitrogens with one attached hydrogen (secondary N) is 2. The molecule has 1 aromatic carbocycles. The maximum atomic E-state index is 12.1. The quantitative estimate of drug-likeness (QED) is 0.466. The fourth-order valence-corrected chi connectivity index (χ4v) is 3.42. The van der Waals surface area contributed by atoms with Crippen molar-refractivity contribution in [3.8, 4) is 0 Å². The number of rotatable bonds is 6. The minimum absolute atomic E-state index is 0.283. The molecule has 0 saturated carbocycles. The van der Waals surface area contributed by atoms with Crippen molar-refractivity contribution in [1.29, 1.82) is 0 Å². The van der Waals surface area contributed by atoms with Gasteiger partial charge in [-0.15, -0.1) is 0 Å². The Labute approximate surface area is 132 Å². The van der Waals surface area contributed by atoms with Crippen LogP contribution >= 0.6 is 0 Å². The first-order valence-corrected chi connectivity index (χ1v) is 9.20. The molecule has 7 heteroatoms. The van der Waals surface area contributed by atoms with Gasteiger partial charge in [0, 0.05) is 26.2 Å². The van der Waals surface area contributed by atoms with Crippen LogP contribution in [0.15, 0.2) is 40.2 Å². The summed E-state index contributed by atoms with van der Waals surface area (Å²) in [7, 11) is -3.44. The molecule has 6 nitrogen and oxygen atoms in total. The molecule has 2 rings (SSSR count). The van der Waals surface area contributed by atoms with Gasteiger partial charge in [-0.2, -0.15) is 0 Å². The van der Waals surface area contributed by atoms with Gasteiger partial charge >= 0.3 is 0 Å². The van der Waals surface area contributed by atoms with Crippen LogP contribution in [0, 0.1) is 0 Å². The minimum atomic E-state index is -3.44. The molecule has 1 fully saturated rings. The number of likely N-dealkylation sites (tertiary alicyclic amines) is 1. The summed E-state index contributed by atoms with van der Waals surface area (Å²) in [5, 5.41) is 3.25. The molecule has 0 amide bonds. The van der Waals surface area contributed by atoms with Gasteiger partial charge in [-0.05, 0) is 31.9 Å². The van der Waals surface area contributed by atoms with Gasteiger partial charge in [0.1, 0.15) is 0 Å². The highest BCUT2D eigenvalue weighted by Gasteiger charge is 2.16. The van der Waals surface area contributed by atoms with E-state index in [0.717, 1.165) is 25.6 Å². The molecule has 2 N–H and O–H groups in total. The van der Waals surface area contributed by atoms with Crippen LogP contribution in [0.3, 0.4) is 0 Å². The van der Waals surface area contributed by atoms with Crippen molar-refractivity contribution in [2.45, 2.75) is 24.7 Å². The van der Waals surface area contributed by atoms with E-state index in [1.165, 1.54) is 12.8 Å². The molecule has 0 bridgehead atoms. The smallest absolute Gasteiger partial charge is 0.240 e. The fourth-order valence-electron chi connectivity index (χ4n) is 2.38. The number of hydrogen-bond acceptors (Lipinski definition) is 3. The predicted octanol–water partition coefficient (Wildman–Crippen LogP) is 1.03. The van der Waals surface area contributed by atoms with Gasteiger partial charge in [-0.25, -0.2) is 13.1 Å². The fraction of sp³-hybridized carbons (Fsp3) is 0.533. The molecular weight excluding hydrogens is 300 g/mol. The number of guanidine groups is 1. The van der Waals surface area contributed by atoms with E-state index >= 15 is 0 Å². The van der Waals surface area contributed by atoms with Crippen molar-refractivity contribution >= 4 is 16.0 Å². The summed E-state index contributed by atoms with van der Waals surface area (Å²) in [5.74, 6) is 0.874. The standard InChI is InChI=1S/C15H24N4O2S/c1-2-16-15(19-12-6-7-13-19)17-10-11-18-22(20,21)14-8-4-3-5-9-14/h3-5,8-9,18H,2,6-7,10-13H2,1H3,(H,16,17). The van der Waals surface area contributed by atoms with Gasteiger partial charge in [0.15, 0.2) is 5.96 Å². The minimum Gasteiger partial charge on any atom is -0.357 e. The monoisotopic (exact) mass is 324 g/mol. The lowest BCUT2D eigenvalue weighted by atomic mass is 10.4. The Kier molecular flexibility index (Phi) is 6.21. The highest BCUT2D eigenvalue weighted by atomic mass is 32.2. The van der Waals surface area contributed by atoms with Crippen LogP contribution in [0.2, 0.25) is 0 Å². The second kappa shape index (κ2) is 8.14. The highest BCUT2D eigenvalue weighted by Crippen LogP contribution is 2.08. The van der Waals surface area contributed by atoms with Gasteiger partial charge in [0.25, 0.3) is 0 Å². The summed E-state index contributed by atoms with van der Waals surface area (Å²) >= 11 is 0. The zero-order chi connectivity index (χ0) is 15.8. The van der Waals surface area contributed by atoms with E-state index in [0.29, 0.717) is 13.1 Å². The molecule has 1 aliphatic rings. The molecule has 0 radical (unpaired) electrons. The second-order valence-electron chi connectivity index (χ2n) is 5.14. The first kappa shape index (κ1) is 16.8. The number of benzene rings is 1. The number of nitrogens with zero attached hydrogens (tertiary/aromatic N) is 2. The van der Waals surface area contributed by atoms with E-state index in [1.54, 1.807) is 30.3 Å². The van der Waals surface area contributed by atoms with Crippen LogP contribution in [0.5, 0.6) is 0 Å². The van der Waals surface area contributed by atoms with Crippen LogP contribution < -0.4 is 10.0 Å². The predicted molar refractivity (Wildman–Crippen MR) is 88.4 cm³/mol. The van der Waals surface area contributed by atoms with Gasteiger partial charge < -0.3 is 10.2 Å². The Morgan fingerprint density at radius 2 is 1.91 bits per heavy atom. The van der Waals surface area contributed by atoms with Crippen LogP contribution in [0.1, 0.15) is 19.8 Å². The Hall–Kier alpha value is -1.60. The highest BCUT2D eigenvalue weighted by molar-refractivity contribution is 7.89. The summed E-state index contributed by atoms with van der Waals surface area (Å²) in [4.78, 5) is 7.00. The van der Waals surface area contributed by atoms with Crippen LogP contribution in [0.25, 0.3) is 0 Å². The lowest BCUT2D eigenvalue weighted by Gasteiger charge is -2.20. The number of sulfonamides is 1. The van der Waals surface area contributed by atoms with Crippen molar-refractivity contribution in [2.75, 3.05) is 32.7 Å². The first-order valence-electron chi connectivity index (χ1n) is 7.71. The van der Waals surface area contributed by atoms with E-state index in [9.17, 15) is 8.42 Å². The Morgan fingerprint density at radius 1 is 1.23 bits per heavy atom. The molecule has 122 valence electrons. The van der Waals surface area contributed by atoms with E-state index < -0.39 is 10.0 Å². The summed E-state index contributed by atoms with van der Waals surface area (Å²) in [6, 6.07) is 8.38. The van der Waals surface area contributed by atoms with Gasteiger partial charge in [0.05, 0.1) is 11.4 Å². The molecule has 1 heterocycles. The second-order valence-corrected chi connectivity index (χ2v) is 6.91. The topological polar surface area (TPSA) is 73.8 Å². The summed E-state index contributed by atoms with van der Waals surface area (Å²) < 4.78 is 26.7. The third-order valence-electron chi connectivity index (χ3n) is 3.46. The van der Waals surface area contributed by atoms with Crippen molar-refractivity contribution < 1.29 is 8.42 Å². The van der Waals surface area contributed by atoms with Crippen molar-refractivity contribution in [3.05, 3.63) is 30.3 Å². The normalized spacial score (nSPS) is 16.0. The zero-order valence-electron chi connectivity index (χ0n) is 13.0. The van der Waals surface area contributed by atoms with Crippen LogP contribution in [-0.2, 0) is 10.0 Å². The molecule has 0 atom stereocenters. The van der Waals surface area contributed by atoms with Gasteiger partial charge in [-0.1, -0.05) is 18.2 Å². The summed E-state index contributed by atoms with van der Waals surface area (Å²) in [6.45, 7) is 5.59. The van der Waals surface area contributed by atoms with Crippen LogP contribution in [0.4, 0.5) is 0 Å². The molecular formula is C15H24N4O2S. The van der Waals surface area contributed by atoms with Crippen LogP contribution in [-0.4, -0.2) is 52.0 Å². The average molecular weight is 324 g/mol. The van der Waals surface area contributed by atoms with Gasteiger partial charge in [-0.3, -0.25) is 4.99 Å². The lowest BCUT2D eigenvalue weighted by molar-refractivity contribution is 0.493. The van der Waals surface area contributed by atoms with E-state index in [2.05, 4.69) is 19.9 Å². The van der Waals surface area contributed by atoms with Crippen molar-refractivity contribution in [1.82, 2.24) is 14.9 Å². The molecule has 22 heavy (non-hydrogen) atoms. The van der Waals surface area contributed by atoms with Crippen molar-refractivity contribution in [3.63, 3.8) is 0 Å². The molecule has 0 aliphatic carbocycles. The van der Waals surface area contributed by atoms with E-state index in [4.69, 9.17) is 0 Å². The zero-order valence-corrected chi connectivity index (χ0v) is 13.8. The SMILES string of the molecule is CCNC(=NCCNS(=O)(=O)c1ccccc1)N1CCCC1. The Bertz CT molecular complexity index is 581. The Morgan fingerprint density at radius 3 is 2.55 bits per heavy atom. The molecule has 1 aliphatic heterocycles. The summed E-state index contributed by atoms with van der Waals surface area (Å²) in [5.41, 5.74) is 0.